The number of hydrogen-bond acceptors (Lipinski definition) is 6. The van der Waals surface area contributed by atoms with Gasteiger partial charge in [0.1, 0.15) is 5.75 Å². The lowest BCUT2D eigenvalue weighted by Crippen LogP contribution is -2.40. The van der Waals surface area contributed by atoms with E-state index in [1.165, 1.54) is 30.6 Å². The van der Waals surface area contributed by atoms with Crippen molar-refractivity contribution in [2.45, 2.75) is 58.9 Å². The van der Waals surface area contributed by atoms with Gasteiger partial charge in [-0.25, -0.2) is 9.78 Å². The Labute approximate surface area is 239 Å². The van der Waals surface area contributed by atoms with E-state index in [1.54, 1.807) is 36.5 Å². The molecule has 0 bridgehead atoms. The standard InChI is InChI=1S/C29H36ClN5O3S/c1-19(2)17-35(23-7-5-4-6-8-23)26-14-13-24(38-18-27(36)34-29-31-16-20(3)39-29)15-25(26)33-28(37)32-22-11-9-21(30)10-12-22/h9-16,19,23H,4-8,17-18H2,1-3H3,(H,31,34,36)(H2,32,33,37). The third-order valence-corrected chi connectivity index (χ3v) is 7.52. The van der Waals surface area contributed by atoms with Gasteiger partial charge in [-0.05, 0) is 62.1 Å². The number of benzene rings is 2. The number of nitrogens with one attached hydrogen (secondary N) is 3. The van der Waals surface area contributed by atoms with Crippen LogP contribution in [0.3, 0.4) is 0 Å². The molecule has 208 valence electrons. The second-order valence-electron chi connectivity index (χ2n) is 10.2. The van der Waals surface area contributed by atoms with Crippen molar-refractivity contribution in [2.24, 2.45) is 5.92 Å². The third-order valence-electron chi connectivity index (χ3n) is 6.44. The molecule has 3 aromatic rings. The van der Waals surface area contributed by atoms with Gasteiger partial charge in [0, 0.05) is 40.4 Å². The SMILES string of the molecule is Cc1cnc(NC(=O)COc2ccc(N(CC(C)C)C3CCCCC3)c(NC(=O)Nc3ccc(Cl)cc3)c2)s1. The van der Waals surface area contributed by atoms with Gasteiger partial charge in [-0.15, -0.1) is 11.3 Å². The van der Waals surface area contributed by atoms with Crippen LogP contribution < -0.4 is 25.6 Å². The van der Waals surface area contributed by atoms with Crippen LogP contribution in [0.1, 0.15) is 50.8 Å². The minimum atomic E-state index is -0.374. The van der Waals surface area contributed by atoms with Gasteiger partial charge in [-0.2, -0.15) is 0 Å². The Morgan fingerprint density at radius 3 is 2.49 bits per heavy atom. The first-order valence-electron chi connectivity index (χ1n) is 13.4. The van der Waals surface area contributed by atoms with E-state index in [0.717, 1.165) is 30.0 Å². The molecule has 1 aliphatic rings. The summed E-state index contributed by atoms with van der Waals surface area (Å²) in [4.78, 5) is 33.1. The molecule has 0 radical (unpaired) electrons. The predicted molar refractivity (Wildman–Crippen MR) is 161 cm³/mol. The van der Waals surface area contributed by atoms with Crippen LogP contribution in [0.4, 0.5) is 27.0 Å². The number of aromatic nitrogens is 1. The highest BCUT2D eigenvalue weighted by Gasteiger charge is 2.25. The molecule has 4 rings (SSSR count). The highest BCUT2D eigenvalue weighted by Crippen LogP contribution is 2.36. The number of aryl methyl sites for hydroxylation is 1. The fraction of sp³-hybridized carbons (Fsp3) is 0.414. The van der Waals surface area contributed by atoms with Crippen LogP contribution >= 0.6 is 22.9 Å². The summed E-state index contributed by atoms with van der Waals surface area (Å²) >= 11 is 7.39. The van der Waals surface area contributed by atoms with E-state index in [2.05, 4.69) is 39.7 Å². The fourth-order valence-electron chi connectivity index (χ4n) is 4.72. The van der Waals surface area contributed by atoms with E-state index in [4.69, 9.17) is 16.3 Å². The third kappa shape index (κ3) is 8.60. The summed E-state index contributed by atoms with van der Waals surface area (Å²) in [5.41, 5.74) is 2.20. The Morgan fingerprint density at radius 2 is 1.82 bits per heavy atom. The van der Waals surface area contributed by atoms with Crippen molar-refractivity contribution in [3.8, 4) is 5.75 Å². The lowest BCUT2D eigenvalue weighted by Gasteiger charge is -2.38. The number of halogens is 1. The van der Waals surface area contributed by atoms with Crippen LogP contribution in [0.5, 0.6) is 5.75 Å². The Hall–Kier alpha value is -3.30. The molecule has 2 aromatic carbocycles. The first kappa shape index (κ1) is 28.7. The first-order valence-corrected chi connectivity index (χ1v) is 14.6. The van der Waals surface area contributed by atoms with Crippen LogP contribution in [0, 0.1) is 12.8 Å². The topological polar surface area (TPSA) is 95.6 Å². The van der Waals surface area contributed by atoms with Gasteiger partial charge in [0.05, 0.1) is 11.4 Å². The maximum Gasteiger partial charge on any atom is 0.323 e. The average Bonchev–Trinajstić information content (AvgIpc) is 3.32. The number of urea groups is 1. The molecule has 1 aromatic heterocycles. The normalized spacial score (nSPS) is 13.7. The zero-order valence-corrected chi connectivity index (χ0v) is 24.2. The molecule has 0 aliphatic heterocycles. The maximum atomic E-state index is 13.0. The summed E-state index contributed by atoms with van der Waals surface area (Å²) in [6, 6.07) is 12.6. The van der Waals surface area contributed by atoms with Crippen LogP contribution in [-0.4, -0.2) is 36.1 Å². The van der Waals surface area contributed by atoms with E-state index < -0.39 is 0 Å². The van der Waals surface area contributed by atoms with Crippen LogP contribution in [0.25, 0.3) is 0 Å². The number of thiazole rings is 1. The fourth-order valence-corrected chi connectivity index (χ4v) is 5.53. The maximum absolute atomic E-state index is 13.0. The Bertz CT molecular complexity index is 1260. The summed E-state index contributed by atoms with van der Waals surface area (Å²) in [6.07, 6.45) is 7.62. The quantitative estimate of drug-likeness (QED) is 0.234. The van der Waals surface area contributed by atoms with Crippen molar-refractivity contribution in [3.63, 3.8) is 0 Å². The summed E-state index contributed by atoms with van der Waals surface area (Å²) in [7, 11) is 0. The van der Waals surface area contributed by atoms with E-state index in [9.17, 15) is 9.59 Å². The Morgan fingerprint density at radius 1 is 1.08 bits per heavy atom. The van der Waals surface area contributed by atoms with E-state index in [-0.39, 0.29) is 18.5 Å². The summed E-state index contributed by atoms with van der Waals surface area (Å²) in [6.45, 7) is 7.03. The molecule has 39 heavy (non-hydrogen) atoms. The van der Waals surface area contributed by atoms with Gasteiger partial charge < -0.3 is 20.3 Å². The lowest BCUT2D eigenvalue weighted by molar-refractivity contribution is -0.118. The highest BCUT2D eigenvalue weighted by atomic mass is 35.5. The molecule has 3 amide bonds. The van der Waals surface area contributed by atoms with Crippen molar-refractivity contribution in [1.29, 1.82) is 0 Å². The number of ether oxygens (including phenoxy) is 1. The van der Waals surface area contributed by atoms with Crippen molar-refractivity contribution < 1.29 is 14.3 Å². The molecular weight excluding hydrogens is 534 g/mol. The smallest absolute Gasteiger partial charge is 0.323 e. The lowest BCUT2D eigenvalue weighted by atomic mass is 9.93. The molecule has 1 saturated carbocycles. The number of anilines is 4. The average molecular weight is 570 g/mol. The summed E-state index contributed by atoms with van der Waals surface area (Å²) < 4.78 is 5.82. The van der Waals surface area contributed by atoms with Gasteiger partial charge in [-0.1, -0.05) is 44.7 Å². The second-order valence-corrected chi connectivity index (χ2v) is 11.9. The minimum absolute atomic E-state index is 0.174. The number of rotatable bonds is 10. The zero-order valence-electron chi connectivity index (χ0n) is 22.6. The highest BCUT2D eigenvalue weighted by molar-refractivity contribution is 7.15. The molecule has 0 saturated heterocycles. The van der Waals surface area contributed by atoms with Crippen molar-refractivity contribution in [1.82, 2.24) is 4.98 Å². The molecular formula is C29H36ClN5O3S. The van der Waals surface area contributed by atoms with E-state index >= 15 is 0 Å². The minimum Gasteiger partial charge on any atom is -0.484 e. The molecule has 0 unspecified atom stereocenters. The number of amides is 3. The number of hydrogen-bond donors (Lipinski definition) is 3. The van der Waals surface area contributed by atoms with Gasteiger partial charge in [-0.3, -0.25) is 10.1 Å². The molecule has 1 heterocycles. The number of carbonyl (C=O) groups excluding carboxylic acids is 2. The van der Waals surface area contributed by atoms with E-state index in [0.29, 0.717) is 39.2 Å². The molecule has 0 atom stereocenters. The van der Waals surface area contributed by atoms with Crippen LogP contribution in [0.15, 0.2) is 48.7 Å². The molecule has 1 aliphatic carbocycles. The van der Waals surface area contributed by atoms with Crippen molar-refractivity contribution in [3.05, 3.63) is 58.6 Å². The number of carbonyl (C=O) groups is 2. The zero-order chi connectivity index (χ0) is 27.8. The molecule has 3 N–H and O–H groups in total. The van der Waals surface area contributed by atoms with Crippen molar-refractivity contribution in [2.75, 3.05) is 34.0 Å². The van der Waals surface area contributed by atoms with Crippen LogP contribution in [-0.2, 0) is 4.79 Å². The van der Waals surface area contributed by atoms with Crippen molar-refractivity contribution >= 4 is 57.1 Å². The Balaban J connectivity index is 1.54. The number of nitrogens with zero attached hydrogens (tertiary/aromatic N) is 2. The van der Waals surface area contributed by atoms with Gasteiger partial charge in [0.2, 0.25) is 0 Å². The molecule has 8 nitrogen and oxygen atoms in total. The molecule has 0 spiro atoms. The molecule has 1 fully saturated rings. The predicted octanol–water partition coefficient (Wildman–Crippen LogP) is 7.56. The largest absolute Gasteiger partial charge is 0.484 e. The van der Waals surface area contributed by atoms with E-state index in [1.807, 2.05) is 19.1 Å². The van der Waals surface area contributed by atoms with Crippen LogP contribution in [0.2, 0.25) is 5.02 Å². The first-order chi connectivity index (χ1) is 18.8. The summed E-state index contributed by atoms with van der Waals surface area (Å²) in [5.74, 6) is 0.628. The van der Waals surface area contributed by atoms with Gasteiger partial charge >= 0.3 is 6.03 Å². The molecule has 10 heteroatoms. The Kier molecular flexibility index (Phi) is 10.1. The summed E-state index contributed by atoms with van der Waals surface area (Å²) in [5, 5.41) is 9.77. The van der Waals surface area contributed by atoms with Gasteiger partial charge in [0.15, 0.2) is 11.7 Å². The monoisotopic (exact) mass is 569 g/mol. The second kappa shape index (κ2) is 13.7. The van der Waals surface area contributed by atoms with Gasteiger partial charge in [0.25, 0.3) is 5.91 Å².